The Hall–Kier alpha value is -2.37. The van der Waals surface area contributed by atoms with Gasteiger partial charge in [0, 0.05) is 53.1 Å². The molecule has 164 valence electrons. The van der Waals surface area contributed by atoms with E-state index in [1.165, 1.54) is 9.13 Å². The van der Waals surface area contributed by atoms with Crippen LogP contribution >= 0.6 is 22.6 Å². The van der Waals surface area contributed by atoms with Gasteiger partial charge in [0.15, 0.2) is 0 Å². The Balaban J connectivity index is 0.00000107. The summed E-state index contributed by atoms with van der Waals surface area (Å²) in [6.07, 6.45) is 4.91. The molecule has 8 nitrogen and oxygen atoms in total. The first-order valence-corrected chi connectivity index (χ1v) is 11.4. The second kappa shape index (κ2) is 13.1. The fourth-order valence-electron chi connectivity index (χ4n) is 2.93. The highest BCUT2D eigenvalue weighted by Crippen LogP contribution is 2.14. The molecule has 1 atom stereocenters. The molecule has 0 fully saturated rings. The second-order valence-electron chi connectivity index (χ2n) is 6.66. The number of hydrogen-bond acceptors (Lipinski definition) is 6. The van der Waals surface area contributed by atoms with Crippen LogP contribution in [0.5, 0.6) is 0 Å². The van der Waals surface area contributed by atoms with E-state index in [1.54, 1.807) is 12.1 Å². The molecular weight excluding hydrogens is 531 g/mol. The summed E-state index contributed by atoms with van der Waals surface area (Å²) in [6, 6.07) is 16.1. The Morgan fingerprint density at radius 2 is 1.71 bits per heavy atom. The first-order valence-electron chi connectivity index (χ1n) is 9.28. The van der Waals surface area contributed by atoms with E-state index >= 15 is 0 Å². The predicted octanol–water partition coefficient (Wildman–Crippen LogP) is 2.89. The van der Waals surface area contributed by atoms with Crippen molar-refractivity contribution in [1.29, 1.82) is 0 Å². The predicted molar refractivity (Wildman–Crippen MR) is 124 cm³/mol. The summed E-state index contributed by atoms with van der Waals surface area (Å²) in [5.41, 5.74) is 3.00. The van der Waals surface area contributed by atoms with E-state index in [1.807, 2.05) is 36.1 Å². The fraction of sp³-hybridized carbons (Fsp3) is 0.238. The molecule has 0 aliphatic carbocycles. The van der Waals surface area contributed by atoms with Crippen molar-refractivity contribution >= 4 is 45.7 Å². The molecule has 10 heteroatoms. The number of rotatable bonds is 9. The van der Waals surface area contributed by atoms with E-state index in [0.717, 1.165) is 37.4 Å². The van der Waals surface area contributed by atoms with E-state index in [9.17, 15) is 8.76 Å². The SMILES string of the molecule is Cn1ccnc1CN(CCc1ccc(NS(=O)[O-])cc1)Cc1ccc(I)cc1.O=C=O. The Bertz CT molecular complexity index is 1000. The van der Waals surface area contributed by atoms with Crippen LogP contribution in [0.2, 0.25) is 0 Å². The van der Waals surface area contributed by atoms with Gasteiger partial charge < -0.3 is 13.8 Å². The zero-order chi connectivity index (χ0) is 22.6. The van der Waals surface area contributed by atoms with E-state index in [2.05, 4.69) is 61.5 Å². The largest absolute Gasteiger partial charge is 0.755 e. The van der Waals surface area contributed by atoms with Gasteiger partial charge in [0.05, 0.1) is 6.54 Å². The van der Waals surface area contributed by atoms with Crippen molar-refractivity contribution in [1.82, 2.24) is 14.5 Å². The molecule has 3 rings (SSSR count). The monoisotopic (exact) mass is 553 g/mol. The molecule has 31 heavy (non-hydrogen) atoms. The maximum absolute atomic E-state index is 10.7. The number of nitrogens with zero attached hydrogens (tertiary/aromatic N) is 3. The summed E-state index contributed by atoms with van der Waals surface area (Å²) < 4.78 is 27.1. The number of imidazole rings is 1. The lowest BCUT2D eigenvalue weighted by atomic mass is 10.1. The van der Waals surface area contributed by atoms with Crippen molar-refractivity contribution in [3.8, 4) is 0 Å². The van der Waals surface area contributed by atoms with Gasteiger partial charge in [-0.1, -0.05) is 24.3 Å². The number of nitrogens with one attached hydrogen (secondary N) is 1. The highest BCUT2D eigenvalue weighted by atomic mass is 127. The second-order valence-corrected chi connectivity index (χ2v) is 8.58. The Labute approximate surface area is 197 Å². The summed E-state index contributed by atoms with van der Waals surface area (Å²) in [4.78, 5) is 23.1. The molecule has 0 amide bonds. The van der Waals surface area contributed by atoms with Gasteiger partial charge in [-0.2, -0.15) is 9.59 Å². The highest BCUT2D eigenvalue weighted by molar-refractivity contribution is 14.1. The lowest BCUT2D eigenvalue weighted by molar-refractivity contribution is -0.191. The standard InChI is InChI=1S/C20H23IN4O2S.CO2/c1-24-13-11-22-20(24)15-25(14-17-2-6-18(21)7-3-17)12-10-16-4-8-19(9-5-16)23-28(26)27;2-1-3/h2-9,11,13,23H,10,12,14-15H2,1H3,(H,26,27);/p-1. The van der Waals surface area contributed by atoms with Crippen molar-refractivity contribution < 1.29 is 18.4 Å². The Morgan fingerprint density at radius 1 is 1.10 bits per heavy atom. The Morgan fingerprint density at radius 3 is 2.26 bits per heavy atom. The van der Waals surface area contributed by atoms with Crippen molar-refractivity contribution in [3.63, 3.8) is 0 Å². The summed E-state index contributed by atoms with van der Waals surface area (Å²) >= 11 is 0.0180. The molecule has 0 aliphatic heterocycles. The average molecular weight is 553 g/mol. The van der Waals surface area contributed by atoms with Crippen molar-refractivity contribution in [2.45, 2.75) is 19.5 Å². The molecule has 1 heterocycles. The van der Waals surface area contributed by atoms with Crippen LogP contribution in [0, 0.1) is 3.57 Å². The summed E-state index contributed by atoms with van der Waals surface area (Å²) in [7, 11) is 2.01. The van der Waals surface area contributed by atoms with Crippen LogP contribution in [-0.2, 0) is 47.4 Å². The van der Waals surface area contributed by atoms with E-state index in [4.69, 9.17) is 9.59 Å². The summed E-state index contributed by atoms with van der Waals surface area (Å²) in [6.45, 7) is 2.49. The normalized spacial score (nSPS) is 11.4. The first kappa shape index (κ1) is 24.9. The number of hydrogen-bond donors (Lipinski definition) is 1. The number of anilines is 1. The zero-order valence-electron chi connectivity index (χ0n) is 16.9. The minimum atomic E-state index is -2.30. The van der Waals surface area contributed by atoms with Gasteiger partial charge >= 0.3 is 6.15 Å². The molecule has 1 N–H and O–H groups in total. The number of benzene rings is 2. The van der Waals surface area contributed by atoms with Gasteiger partial charge in [-0.05, 0) is 64.4 Å². The lowest BCUT2D eigenvalue weighted by Gasteiger charge is -2.22. The maximum Gasteiger partial charge on any atom is 0.373 e. The fourth-order valence-corrected chi connectivity index (χ4v) is 3.62. The van der Waals surface area contributed by atoms with Gasteiger partial charge in [0.2, 0.25) is 0 Å². The minimum absolute atomic E-state index is 0.250. The number of halogens is 1. The lowest BCUT2D eigenvalue weighted by Crippen LogP contribution is -2.26. The molecule has 0 aliphatic rings. The molecule has 0 bridgehead atoms. The van der Waals surface area contributed by atoms with E-state index in [-0.39, 0.29) is 6.15 Å². The molecular formula is C21H22IN4O4S-. The molecule has 3 aromatic rings. The van der Waals surface area contributed by atoms with E-state index in [0.29, 0.717) is 5.69 Å². The summed E-state index contributed by atoms with van der Waals surface area (Å²) in [5.74, 6) is 1.03. The molecule has 0 saturated carbocycles. The molecule has 1 aromatic heterocycles. The van der Waals surface area contributed by atoms with Gasteiger partial charge in [-0.15, -0.1) is 0 Å². The van der Waals surface area contributed by atoms with Crippen LogP contribution < -0.4 is 4.72 Å². The number of carbonyl (C=O) groups excluding carboxylic acids is 2. The number of aromatic nitrogens is 2. The molecule has 0 radical (unpaired) electrons. The van der Waals surface area contributed by atoms with Crippen LogP contribution in [0.1, 0.15) is 17.0 Å². The van der Waals surface area contributed by atoms with Gasteiger partial charge in [-0.25, -0.2) is 4.98 Å². The van der Waals surface area contributed by atoms with Crippen molar-refractivity contribution in [3.05, 3.63) is 81.4 Å². The topological polar surface area (TPSA) is 107 Å². The molecule has 0 spiro atoms. The van der Waals surface area contributed by atoms with E-state index < -0.39 is 11.3 Å². The van der Waals surface area contributed by atoms with Gasteiger partial charge in [0.25, 0.3) is 0 Å². The van der Waals surface area contributed by atoms with Crippen LogP contribution in [0.25, 0.3) is 0 Å². The Kier molecular flexibility index (Phi) is 10.5. The summed E-state index contributed by atoms with van der Waals surface area (Å²) in [5, 5.41) is 0. The van der Waals surface area contributed by atoms with Crippen LogP contribution in [0.4, 0.5) is 5.69 Å². The van der Waals surface area contributed by atoms with Gasteiger partial charge in [-0.3, -0.25) is 9.11 Å². The highest BCUT2D eigenvalue weighted by Gasteiger charge is 2.11. The third-order valence-electron chi connectivity index (χ3n) is 4.48. The van der Waals surface area contributed by atoms with Crippen LogP contribution in [0.3, 0.4) is 0 Å². The van der Waals surface area contributed by atoms with Gasteiger partial charge in [0.1, 0.15) is 5.82 Å². The maximum atomic E-state index is 10.7. The van der Waals surface area contributed by atoms with Crippen molar-refractivity contribution in [2.24, 2.45) is 7.05 Å². The molecule has 1 unspecified atom stereocenters. The number of aryl methyl sites for hydroxylation is 1. The molecule has 2 aromatic carbocycles. The third kappa shape index (κ3) is 9.11. The van der Waals surface area contributed by atoms with Crippen LogP contribution in [0.15, 0.2) is 60.9 Å². The molecule has 0 saturated heterocycles. The quantitative estimate of drug-likeness (QED) is 0.323. The third-order valence-corrected chi connectivity index (χ3v) is 5.60. The minimum Gasteiger partial charge on any atom is -0.755 e. The average Bonchev–Trinajstić information content (AvgIpc) is 3.13. The smallest absolute Gasteiger partial charge is 0.373 e. The first-order chi connectivity index (χ1) is 14.9. The van der Waals surface area contributed by atoms with Crippen molar-refractivity contribution in [2.75, 3.05) is 11.3 Å². The van der Waals surface area contributed by atoms with Crippen LogP contribution in [-0.4, -0.2) is 35.9 Å². The zero-order valence-corrected chi connectivity index (χ0v) is 19.8.